The van der Waals surface area contributed by atoms with E-state index in [0.717, 1.165) is 109 Å². The topological polar surface area (TPSA) is 72.9 Å². The molecule has 0 saturated carbocycles. The highest BCUT2D eigenvalue weighted by Crippen LogP contribution is 2.29. The first-order valence-electron chi connectivity index (χ1n) is 22.5. The summed E-state index contributed by atoms with van der Waals surface area (Å²) in [6, 6.07) is 0. The minimum absolute atomic E-state index is 0.0909. The van der Waals surface area contributed by atoms with Crippen molar-refractivity contribution in [2.75, 3.05) is 33.9 Å². The molecule has 0 saturated heterocycles. The maximum absolute atomic E-state index is 13.0. The molecule has 0 radical (unpaired) electrons. The Balaban J connectivity index is 0. The van der Waals surface area contributed by atoms with Crippen LogP contribution in [0.5, 0.6) is 0 Å². The smallest absolute Gasteiger partial charge is 0.306 e. The normalized spacial score (nSPS) is 11.8. The van der Waals surface area contributed by atoms with Gasteiger partial charge in [0.2, 0.25) is 0 Å². The number of rotatable bonds is 37. The molecule has 0 aromatic carbocycles. The Morgan fingerprint density at radius 1 is 0.574 bits per heavy atom. The monoisotopic (exact) mass is 780 g/mol. The van der Waals surface area contributed by atoms with Gasteiger partial charge in [0.15, 0.2) is 5.12 Å². The van der Waals surface area contributed by atoms with Crippen LogP contribution in [0.4, 0.5) is 0 Å². The van der Waals surface area contributed by atoms with Gasteiger partial charge in [-0.25, -0.2) is 0 Å². The molecule has 0 unspecified atom stereocenters. The predicted molar refractivity (Wildman–Crippen MR) is 236 cm³/mol. The molecule has 0 aromatic rings. The van der Waals surface area contributed by atoms with Crippen LogP contribution in [0.1, 0.15) is 215 Å². The van der Waals surface area contributed by atoms with Crippen molar-refractivity contribution in [2.24, 2.45) is 5.41 Å². The maximum Gasteiger partial charge on any atom is 0.306 e. The van der Waals surface area contributed by atoms with Gasteiger partial charge < -0.3 is 14.4 Å². The number of unbranched alkanes of at least 4 members (excludes halogenated alkanes) is 16. The molecule has 0 spiro atoms. The van der Waals surface area contributed by atoms with Gasteiger partial charge in [-0.1, -0.05) is 167 Å². The van der Waals surface area contributed by atoms with E-state index in [-0.39, 0.29) is 17.4 Å². The molecule has 0 aliphatic rings. The predicted octanol–water partition coefficient (Wildman–Crippen LogP) is 14.0. The van der Waals surface area contributed by atoms with E-state index in [1.807, 2.05) is 26.0 Å². The zero-order chi connectivity index (χ0) is 40.5. The van der Waals surface area contributed by atoms with Crippen LogP contribution in [0.3, 0.4) is 0 Å². The van der Waals surface area contributed by atoms with E-state index in [2.05, 4.69) is 58.8 Å². The van der Waals surface area contributed by atoms with Crippen LogP contribution in [0, 0.1) is 5.41 Å². The summed E-state index contributed by atoms with van der Waals surface area (Å²) in [5.41, 5.74) is 0.219. The molecule has 0 fully saturated rings. The maximum atomic E-state index is 13.0. The first-order chi connectivity index (χ1) is 26.1. The molecule has 6 nitrogen and oxygen atoms in total. The van der Waals surface area contributed by atoms with E-state index < -0.39 is 0 Å². The van der Waals surface area contributed by atoms with Crippen molar-refractivity contribution in [3.05, 3.63) is 24.3 Å². The molecule has 0 N–H and O–H groups in total. The van der Waals surface area contributed by atoms with Gasteiger partial charge in [0.05, 0.1) is 0 Å². The highest BCUT2D eigenvalue weighted by molar-refractivity contribution is 8.14. The van der Waals surface area contributed by atoms with Crippen molar-refractivity contribution in [3.8, 4) is 0 Å². The van der Waals surface area contributed by atoms with Gasteiger partial charge in [-0.2, -0.15) is 0 Å². The lowest BCUT2D eigenvalue weighted by Gasteiger charge is -2.28. The SMILES string of the molecule is CC.CCCCCC/C=C\COC(=O)CCCCCCCC(CCCCCCCC(=O)OC/C=C\CCCCCC)SC(=O)CCCC(C)(C)CN(C)C. The van der Waals surface area contributed by atoms with Crippen molar-refractivity contribution >= 4 is 28.8 Å². The van der Waals surface area contributed by atoms with Gasteiger partial charge in [-0.3, -0.25) is 14.4 Å². The van der Waals surface area contributed by atoms with E-state index in [1.165, 1.54) is 51.4 Å². The van der Waals surface area contributed by atoms with Gasteiger partial charge in [-0.15, -0.1) is 0 Å². The van der Waals surface area contributed by atoms with Crippen LogP contribution >= 0.6 is 11.8 Å². The number of esters is 2. The minimum atomic E-state index is -0.0909. The van der Waals surface area contributed by atoms with Gasteiger partial charge in [0.1, 0.15) is 13.2 Å². The third kappa shape index (κ3) is 41.6. The number of carbonyl (C=O) groups is 3. The fourth-order valence-corrected chi connectivity index (χ4v) is 7.88. The molecule has 0 aliphatic carbocycles. The molecule has 7 heteroatoms. The third-order valence-corrected chi connectivity index (χ3v) is 10.8. The minimum Gasteiger partial charge on any atom is -0.461 e. The fourth-order valence-electron chi connectivity index (χ4n) is 6.67. The highest BCUT2D eigenvalue weighted by Gasteiger charge is 2.20. The molecule has 0 bridgehead atoms. The molecular weight excluding hydrogens is 691 g/mol. The molecule has 318 valence electrons. The number of hydrogen-bond donors (Lipinski definition) is 0. The molecule has 0 heterocycles. The van der Waals surface area contributed by atoms with E-state index in [4.69, 9.17) is 9.47 Å². The molecule has 54 heavy (non-hydrogen) atoms. The summed E-state index contributed by atoms with van der Waals surface area (Å²) in [7, 11) is 4.23. The van der Waals surface area contributed by atoms with Gasteiger partial charge in [0.25, 0.3) is 0 Å². The summed E-state index contributed by atoms with van der Waals surface area (Å²) in [5, 5.41) is 0.729. The van der Waals surface area contributed by atoms with Crippen molar-refractivity contribution < 1.29 is 23.9 Å². The number of hydrogen-bond acceptors (Lipinski definition) is 7. The first kappa shape index (κ1) is 54.5. The van der Waals surface area contributed by atoms with Crippen molar-refractivity contribution in [2.45, 2.75) is 220 Å². The Kier molecular flexibility index (Phi) is 41.4. The Hall–Kier alpha value is -1.60. The van der Waals surface area contributed by atoms with Crippen LogP contribution in [-0.4, -0.2) is 61.1 Å². The quantitative estimate of drug-likeness (QED) is 0.0353. The Morgan fingerprint density at radius 2 is 1.00 bits per heavy atom. The van der Waals surface area contributed by atoms with E-state index in [1.54, 1.807) is 11.8 Å². The second-order valence-corrected chi connectivity index (χ2v) is 17.3. The molecule has 0 aromatic heterocycles. The molecule has 0 aliphatic heterocycles. The van der Waals surface area contributed by atoms with E-state index in [9.17, 15) is 14.4 Å². The molecule has 0 amide bonds. The fraction of sp³-hybridized carbons (Fsp3) is 0.851. The van der Waals surface area contributed by atoms with Crippen molar-refractivity contribution in [1.29, 1.82) is 0 Å². The Bertz CT molecular complexity index is 864. The first-order valence-corrected chi connectivity index (χ1v) is 23.4. The summed E-state index contributed by atoms with van der Waals surface area (Å²) in [6.07, 6.45) is 36.9. The van der Waals surface area contributed by atoms with E-state index in [0.29, 0.717) is 42.8 Å². The lowest BCUT2D eigenvalue weighted by molar-refractivity contribution is -0.143. The Labute approximate surface area is 340 Å². The number of ether oxygens (including phenoxy) is 2. The second kappa shape index (κ2) is 41.0. The van der Waals surface area contributed by atoms with Crippen LogP contribution in [0.2, 0.25) is 0 Å². The Morgan fingerprint density at radius 3 is 1.44 bits per heavy atom. The number of carbonyl (C=O) groups excluding carboxylic acids is 3. The number of nitrogens with zero attached hydrogens (tertiary/aromatic N) is 1. The average molecular weight is 780 g/mol. The summed E-state index contributed by atoms with van der Waals surface area (Å²) in [4.78, 5) is 39.4. The van der Waals surface area contributed by atoms with Gasteiger partial charge in [0, 0.05) is 31.1 Å². The average Bonchev–Trinajstić information content (AvgIpc) is 3.13. The third-order valence-electron chi connectivity index (χ3n) is 9.55. The van der Waals surface area contributed by atoms with Crippen molar-refractivity contribution in [3.63, 3.8) is 0 Å². The summed E-state index contributed by atoms with van der Waals surface area (Å²) < 4.78 is 10.7. The number of thioether (sulfide) groups is 1. The van der Waals surface area contributed by atoms with Crippen LogP contribution in [-0.2, 0) is 23.9 Å². The zero-order valence-corrected chi connectivity index (χ0v) is 37.8. The van der Waals surface area contributed by atoms with Crippen molar-refractivity contribution in [1.82, 2.24) is 4.90 Å². The highest BCUT2D eigenvalue weighted by atomic mass is 32.2. The lowest BCUT2D eigenvalue weighted by Crippen LogP contribution is -2.28. The van der Waals surface area contributed by atoms with Crippen LogP contribution in [0.15, 0.2) is 24.3 Å². The number of allylic oxidation sites excluding steroid dienone is 2. The standard InChI is InChI=1S/C45H83NO5S.C2H6/c1-7-9-11-13-15-23-29-38-50-42(47)34-27-21-17-19-25-32-41(52-44(49)36-31-37-45(3,4)40-46(5)6)33-26-20-18-22-28-35-43(48)51-39-30-24-16-14-12-10-8-2;1-2/h23-24,29-30,41H,7-22,25-28,31-40H2,1-6H3;1-2H3/b29-23-,30-24-;. The van der Waals surface area contributed by atoms with Gasteiger partial charge >= 0.3 is 11.9 Å². The van der Waals surface area contributed by atoms with E-state index >= 15 is 0 Å². The van der Waals surface area contributed by atoms with Crippen LogP contribution in [0.25, 0.3) is 0 Å². The summed E-state index contributed by atoms with van der Waals surface area (Å²) in [6.45, 7) is 14.8. The van der Waals surface area contributed by atoms with Gasteiger partial charge in [-0.05, 0) is 83.7 Å². The molecular formula is C47H89NO5S. The lowest BCUT2D eigenvalue weighted by atomic mass is 9.87. The zero-order valence-electron chi connectivity index (χ0n) is 37.0. The van der Waals surface area contributed by atoms with Crippen LogP contribution < -0.4 is 0 Å². The summed E-state index contributed by atoms with van der Waals surface area (Å²) >= 11 is 1.60. The summed E-state index contributed by atoms with van der Waals surface area (Å²) in [5.74, 6) is -0.182. The second-order valence-electron chi connectivity index (χ2n) is 16.0. The largest absolute Gasteiger partial charge is 0.461 e. The molecule has 0 rings (SSSR count). The molecule has 0 atom stereocenters.